The van der Waals surface area contributed by atoms with Gasteiger partial charge in [0.15, 0.2) is 0 Å². The Bertz CT molecular complexity index is 1470. The van der Waals surface area contributed by atoms with Crippen LogP contribution >= 0.6 is 22.9 Å². The molecular weight excluding hydrogens is 612 g/mol. The van der Waals surface area contributed by atoms with Crippen LogP contribution < -0.4 is 10.0 Å². The third-order valence-corrected chi connectivity index (χ3v) is 11.9. The van der Waals surface area contributed by atoms with E-state index in [1.807, 2.05) is 25.8 Å². The van der Waals surface area contributed by atoms with Crippen molar-refractivity contribution < 1.29 is 22.8 Å². The van der Waals surface area contributed by atoms with Gasteiger partial charge in [-0.05, 0) is 75.6 Å². The van der Waals surface area contributed by atoms with Crippen molar-refractivity contribution in [3.63, 3.8) is 0 Å². The summed E-state index contributed by atoms with van der Waals surface area (Å²) in [5.74, 6) is -0.474. The molecule has 11 nitrogen and oxygen atoms in total. The number of nitrogens with one attached hydrogen (secondary N) is 2. The number of hydrogen-bond acceptors (Lipinski definition) is 7. The zero-order chi connectivity index (χ0) is 30.9. The maximum Gasteiger partial charge on any atom is 0.317 e. The SMILES string of the molecule is CC(C)NC(=O)N(C)C1CCN(CC2CCCN2C(=O)CN2CCCC(NS(=O)(=O)c3cc4cc(Cl)ccc4s3)C2=O)C1. The second kappa shape index (κ2) is 13.3. The van der Waals surface area contributed by atoms with E-state index in [9.17, 15) is 22.8 Å². The van der Waals surface area contributed by atoms with Gasteiger partial charge in [0.1, 0.15) is 10.3 Å². The first-order valence-electron chi connectivity index (χ1n) is 15.0. The lowest BCUT2D eigenvalue weighted by atomic mass is 10.1. The summed E-state index contributed by atoms with van der Waals surface area (Å²) in [5.41, 5.74) is 0. The van der Waals surface area contributed by atoms with E-state index in [2.05, 4.69) is 14.9 Å². The molecule has 3 atom stereocenters. The number of amides is 4. The molecule has 0 radical (unpaired) electrons. The van der Waals surface area contributed by atoms with Crippen molar-refractivity contribution in [1.29, 1.82) is 0 Å². The van der Waals surface area contributed by atoms with Gasteiger partial charge < -0.3 is 20.0 Å². The number of carbonyl (C=O) groups excluding carboxylic acids is 3. The zero-order valence-electron chi connectivity index (χ0n) is 24.9. The molecule has 2 aromatic rings. The topological polar surface area (TPSA) is 122 Å². The molecule has 2 N–H and O–H groups in total. The fraction of sp³-hybridized carbons (Fsp3) is 0.621. The minimum Gasteiger partial charge on any atom is -0.337 e. The average Bonchev–Trinajstić information content (AvgIpc) is 3.70. The Morgan fingerprint density at radius 2 is 1.88 bits per heavy atom. The standard InChI is InChI=1S/C29H41ClN6O5S2/c1-19(2)31-29(39)33(3)22-10-13-34(16-22)17-23-6-4-12-36(23)26(37)18-35-11-5-7-24(28(35)38)32-43(40,41)27-15-20-14-21(30)8-9-25(20)42-27/h8-9,14-15,19,22-24,32H,4-7,10-13,16-18H2,1-3H3,(H,31,39). The van der Waals surface area contributed by atoms with Gasteiger partial charge in [-0.1, -0.05) is 11.6 Å². The molecule has 0 saturated carbocycles. The molecule has 0 aliphatic carbocycles. The zero-order valence-corrected chi connectivity index (χ0v) is 27.3. The minimum absolute atomic E-state index is 0.0525. The van der Waals surface area contributed by atoms with Gasteiger partial charge in [0.05, 0.1) is 6.54 Å². The summed E-state index contributed by atoms with van der Waals surface area (Å²) in [4.78, 5) is 46.7. The lowest BCUT2D eigenvalue weighted by Gasteiger charge is -2.35. The number of halogens is 1. The van der Waals surface area contributed by atoms with Gasteiger partial charge in [-0.2, -0.15) is 4.72 Å². The smallest absolute Gasteiger partial charge is 0.317 e. The van der Waals surface area contributed by atoms with E-state index >= 15 is 0 Å². The quantitative estimate of drug-likeness (QED) is 0.430. The normalized spacial score (nSPS) is 23.5. The number of hydrogen-bond donors (Lipinski definition) is 2. The van der Waals surface area contributed by atoms with Crippen LogP contribution in [0.1, 0.15) is 46.0 Å². The number of nitrogens with zero attached hydrogens (tertiary/aromatic N) is 4. The number of fused-ring (bicyclic) bond motifs is 1. The number of likely N-dealkylation sites (N-methyl/N-ethyl adjacent to an activating group) is 1. The summed E-state index contributed by atoms with van der Waals surface area (Å²) in [6.45, 7) is 7.25. The predicted octanol–water partition coefficient (Wildman–Crippen LogP) is 2.94. The maximum atomic E-state index is 13.5. The van der Waals surface area contributed by atoms with Crippen molar-refractivity contribution in [2.24, 2.45) is 0 Å². The van der Waals surface area contributed by atoms with E-state index in [-0.39, 0.29) is 46.7 Å². The number of urea groups is 1. The van der Waals surface area contributed by atoms with Gasteiger partial charge in [0.2, 0.25) is 11.8 Å². The summed E-state index contributed by atoms with van der Waals surface area (Å²) in [7, 11) is -2.10. The molecule has 14 heteroatoms. The molecule has 3 aliphatic heterocycles. The Labute approximate surface area is 262 Å². The molecule has 236 valence electrons. The van der Waals surface area contributed by atoms with Gasteiger partial charge in [-0.15, -0.1) is 11.3 Å². The van der Waals surface area contributed by atoms with Gasteiger partial charge in [-0.3, -0.25) is 14.5 Å². The summed E-state index contributed by atoms with van der Waals surface area (Å²) >= 11 is 7.18. The largest absolute Gasteiger partial charge is 0.337 e. The van der Waals surface area contributed by atoms with Crippen LogP contribution in [0.2, 0.25) is 5.02 Å². The van der Waals surface area contributed by atoms with Gasteiger partial charge >= 0.3 is 6.03 Å². The molecule has 0 spiro atoms. The van der Waals surface area contributed by atoms with Gasteiger partial charge in [-0.25, -0.2) is 13.2 Å². The lowest BCUT2D eigenvalue weighted by Crippen LogP contribution is -2.55. The minimum atomic E-state index is -3.93. The van der Waals surface area contributed by atoms with Crippen molar-refractivity contribution in [2.45, 2.75) is 74.3 Å². The summed E-state index contributed by atoms with van der Waals surface area (Å²) < 4.78 is 29.9. The highest BCUT2D eigenvalue weighted by atomic mass is 35.5. The van der Waals surface area contributed by atoms with Crippen molar-refractivity contribution in [1.82, 2.24) is 29.6 Å². The third-order valence-electron chi connectivity index (χ3n) is 8.57. The Morgan fingerprint density at radius 1 is 1.12 bits per heavy atom. The van der Waals surface area contributed by atoms with E-state index < -0.39 is 16.1 Å². The first kappa shape index (κ1) is 32.0. The molecule has 5 rings (SSSR count). The Hall–Kier alpha value is -2.45. The number of likely N-dealkylation sites (tertiary alicyclic amines) is 3. The van der Waals surface area contributed by atoms with Crippen LogP contribution in [0.5, 0.6) is 0 Å². The number of piperidine rings is 1. The molecule has 4 heterocycles. The van der Waals surface area contributed by atoms with Crippen LogP contribution in [0.25, 0.3) is 10.1 Å². The van der Waals surface area contributed by atoms with Crippen LogP contribution in [0.15, 0.2) is 28.5 Å². The highest BCUT2D eigenvalue weighted by Gasteiger charge is 2.38. The number of benzene rings is 1. The molecule has 43 heavy (non-hydrogen) atoms. The highest BCUT2D eigenvalue weighted by Crippen LogP contribution is 2.31. The van der Waals surface area contributed by atoms with Crippen LogP contribution in [0.4, 0.5) is 4.79 Å². The lowest BCUT2D eigenvalue weighted by molar-refractivity contribution is -0.143. The van der Waals surface area contributed by atoms with Crippen LogP contribution in [-0.2, 0) is 19.6 Å². The molecule has 3 saturated heterocycles. The Morgan fingerprint density at radius 3 is 2.65 bits per heavy atom. The van der Waals surface area contributed by atoms with Gasteiger partial charge in [0, 0.05) is 67.6 Å². The molecule has 1 aromatic carbocycles. The molecule has 3 unspecified atom stereocenters. The number of carbonyl (C=O) groups is 3. The summed E-state index contributed by atoms with van der Waals surface area (Å²) in [5, 5.41) is 4.20. The van der Waals surface area contributed by atoms with Crippen molar-refractivity contribution >= 4 is 60.9 Å². The summed E-state index contributed by atoms with van der Waals surface area (Å²) in [6, 6.07) is 6.04. The monoisotopic (exact) mass is 652 g/mol. The van der Waals surface area contributed by atoms with Crippen LogP contribution in [0.3, 0.4) is 0 Å². The summed E-state index contributed by atoms with van der Waals surface area (Å²) in [6.07, 6.45) is 3.67. The van der Waals surface area contributed by atoms with E-state index in [1.165, 1.54) is 4.90 Å². The second-order valence-electron chi connectivity index (χ2n) is 12.1. The Balaban J connectivity index is 1.15. The van der Waals surface area contributed by atoms with E-state index in [0.29, 0.717) is 31.0 Å². The van der Waals surface area contributed by atoms with Gasteiger partial charge in [0.25, 0.3) is 10.0 Å². The molecule has 3 aliphatic rings. The highest BCUT2D eigenvalue weighted by molar-refractivity contribution is 7.91. The van der Waals surface area contributed by atoms with E-state index in [4.69, 9.17) is 11.6 Å². The average molecular weight is 653 g/mol. The first-order chi connectivity index (χ1) is 20.4. The predicted molar refractivity (Wildman–Crippen MR) is 168 cm³/mol. The number of rotatable bonds is 9. The maximum absolute atomic E-state index is 13.5. The molecule has 3 fully saturated rings. The Kier molecular flexibility index (Phi) is 9.86. The van der Waals surface area contributed by atoms with Crippen LogP contribution in [0, 0.1) is 0 Å². The van der Waals surface area contributed by atoms with E-state index in [0.717, 1.165) is 60.3 Å². The fourth-order valence-corrected chi connectivity index (χ4v) is 9.09. The van der Waals surface area contributed by atoms with Crippen molar-refractivity contribution in [3.8, 4) is 0 Å². The second-order valence-corrected chi connectivity index (χ2v) is 15.6. The number of sulfonamides is 1. The van der Waals surface area contributed by atoms with Crippen molar-refractivity contribution in [3.05, 3.63) is 29.3 Å². The number of thiophene rings is 1. The molecular formula is C29H41ClN6O5S2. The van der Waals surface area contributed by atoms with E-state index in [1.54, 1.807) is 29.2 Å². The molecule has 4 amide bonds. The molecule has 0 bridgehead atoms. The van der Waals surface area contributed by atoms with Crippen molar-refractivity contribution in [2.75, 3.05) is 46.3 Å². The molecule has 1 aromatic heterocycles. The fourth-order valence-electron chi connectivity index (χ4n) is 6.29. The third kappa shape index (κ3) is 7.44. The first-order valence-corrected chi connectivity index (χ1v) is 17.6. The van der Waals surface area contributed by atoms with Crippen LogP contribution in [-0.4, -0.2) is 116 Å².